The summed E-state index contributed by atoms with van der Waals surface area (Å²) in [5.74, 6) is 2.15. The van der Waals surface area contributed by atoms with E-state index in [9.17, 15) is 9.90 Å². The lowest BCUT2D eigenvalue weighted by Gasteiger charge is -2.70. The predicted molar refractivity (Wildman–Crippen MR) is 143 cm³/mol. The van der Waals surface area contributed by atoms with E-state index in [4.69, 9.17) is 9.47 Å². The maximum atomic E-state index is 11.9. The van der Waals surface area contributed by atoms with Crippen LogP contribution in [0.3, 0.4) is 0 Å². The van der Waals surface area contributed by atoms with Gasteiger partial charge < -0.3 is 14.6 Å². The molecule has 0 aromatic carbocycles. The lowest BCUT2D eigenvalue weighted by atomic mass is 9.35. The highest BCUT2D eigenvalue weighted by atomic mass is 16.6. The molecular formula is C32H54O4. The van der Waals surface area contributed by atoms with Gasteiger partial charge in [-0.15, -0.1) is 0 Å². The smallest absolute Gasteiger partial charge is 0.302 e. The minimum atomic E-state index is -0.612. The van der Waals surface area contributed by atoms with Crippen molar-refractivity contribution in [1.82, 2.24) is 0 Å². The highest BCUT2D eigenvalue weighted by Crippen LogP contribution is 2.76. The molecule has 0 bridgehead atoms. The minimum absolute atomic E-state index is 0.00211. The van der Waals surface area contributed by atoms with Crippen molar-refractivity contribution in [2.24, 2.45) is 45.3 Å². The van der Waals surface area contributed by atoms with Gasteiger partial charge in [-0.1, -0.05) is 34.6 Å². The van der Waals surface area contributed by atoms with E-state index in [0.717, 1.165) is 25.7 Å². The van der Waals surface area contributed by atoms with Gasteiger partial charge in [-0.2, -0.15) is 0 Å². The van der Waals surface area contributed by atoms with Crippen LogP contribution in [0.25, 0.3) is 0 Å². The van der Waals surface area contributed by atoms with Gasteiger partial charge in [0.05, 0.1) is 17.3 Å². The van der Waals surface area contributed by atoms with Gasteiger partial charge in [-0.3, -0.25) is 4.79 Å². The van der Waals surface area contributed by atoms with E-state index in [1.807, 2.05) is 0 Å². The van der Waals surface area contributed by atoms with E-state index in [-0.39, 0.29) is 33.9 Å². The Morgan fingerprint density at radius 3 is 2.17 bits per heavy atom. The molecule has 4 saturated carbocycles. The number of esters is 1. The summed E-state index contributed by atoms with van der Waals surface area (Å²) in [5, 5.41) is 11.8. The van der Waals surface area contributed by atoms with Gasteiger partial charge in [-0.05, 0) is 125 Å². The summed E-state index contributed by atoms with van der Waals surface area (Å²) in [6.45, 7) is 20.6. The standard InChI is InChI=1S/C32H54O4/c1-20(33)35-25-14-16-29(6)23(27(25,2)3)13-18-31(8)24(29)11-10-21-22(12-17-30(21,31)7)32(9,34)19-15-26-28(4,5)36-26/h21-26,34H,10-19H2,1-9H3/t21-,22+,23+,24-,25+,26?,29+,30-,31-,32+/m1/s1. The third-order valence-electron chi connectivity index (χ3n) is 13.5. The lowest BCUT2D eigenvalue weighted by molar-refractivity contribution is -0.229. The van der Waals surface area contributed by atoms with E-state index in [1.165, 1.54) is 38.5 Å². The van der Waals surface area contributed by atoms with Crippen LogP contribution in [-0.4, -0.2) is 34.5 Å². The van der Waals surface area contributed by atoms with E-state index < -0.39 is 5.60 Å². The summed E-state index contributed by atoms with van der Waals surface area (Å²) in [6, 6.07) is 0. The molecule has 1 saturated heterocycles. The van der Waals surface area contributed by atoms with Crippen LogP contribution in [0, 0.1) is 45.3 Å². The number of rotatable bonds is 5. The summed E-state index contributed by atoms with van der Waals surface area (Å²) in [7, 11) is 0. The Kier molecular flexibility index (Phi) is 6.14. The van der Waals surface area contributed by atoms with Crippen molar-refractivity contribution in [3.05, 3.63) is 0 Å². The molecule has 1 heterocycles. The topological polar surface area (TPSA) is 59.1 Å². The zero-order valence-corrected chi connectivity index (χ0v) is 24.7. The molecule has 5 rings (SSSR count). The molecule has 4 nitrogen and oxygen atoms in total. The molecular weight excluding hydrogens is 448 g/mol. The lowest BCUT2D eigenvalue weighted by Crippen LogP contribution is -2.64. The largest absolute Gasteiger partial charge is 0.462 e. The Hall–Kier alpha value is -0.610. The van der Waals surface area contributed by atoms with Crippen LogP contribution in [0.2, 0.25) is 0 Å². The molecule has 0 spiro atoms. The molecule has 36 heavy (non-hydrogen) atoms. The SMILES string of the molecule is CC(=O)O[C@H]1CC[C@]2(C)[C@H]3CC[C@@H]4[C@@H]([C@@](C)(O)CCC5OC5(C)C)CC[C@@]4(C)[C@]3(C)CC[C@H]2C1(C)C. The van der Waals surface area contributed by atoms with E-state index in [1.54, 1.807) is 6.92 Å². The van der Waals surface area contributed by atoms with Gasteiger partial charge in [0.1, 0.15) is 6.10 Å². The Bertz CT molecular complexity index is 891. The van der Waals surface area contributed by atoms with Crippen molar-refractivity contribution < 1.29 is 19.4 Å². The van der Waals surface area contributed by atoms with Crippen LogP contribution in [0.15, 0.2) is 0 Å². The number of epoxide rings is 1. The molecule has 1 aliphatic heterocycles. The molecule has 0 radical (unpaired) electrons. The van der Waals surface area contributed by atoms with Gasteiger partial charge >= 0.3 is 5.97 Å². The van der Waals surface area contributed by atoms with Crippen LogP contribution in [0.1, 0.15) is 127 Å². The zero-order chi connectivity index (χ0) is 26.5. The fourth-order valence-corrected chi connectivity index (χ4v) is 11.2. The summed E-state index contributed by atoms with van der Waals surface area (Å²) in [4.78, 5) is 11.9. The van der Waals surface area contributed by atoms with Gasteiger partial charge in [0.25, 0.3) is 0 Å². The van der Waals surface area contributed by atoms with Crippen molar-refractivity contribution in [2.45, 2.75) is 150 Å². The van der Waals surface area contributed by atoms with Crippen LogP contribution in [0.5, 0.6) is 0 Å². The number of carbonyl (C=O) groups excluding carboxylic acids is 1. The first-order valence-electron chi connectivity index (χ1n) is 15.1. The first-order valence-corrected chi connectivity index (χ1v) is 15.1. The average Bonchev–Trinajstić information content (AvgIpc) is 3.19. The van der Waals surface area contributed by atoms with Crippen LogP contribution in [0.4, 0.5) is 0 Å². The molecule has 1 unspecified atom stereocenters. The number of carbonyl (C=O) groups is 1. The Morgan fingerprint density at radius 1 is 0.917 bits per heavy atom. The Balaban J connectivity index is 1.37. The van der Waals surface area contributed by atoms with Crippen molar-refractivity contribution >= 4 is 5.97 Å². The maximum absolute atomic E-state index is 11.9. The van der Waals surface area contributed by atoms with E-state index in [2.05, 4.69) is 55.4 Å². The number of fused-ring (bicyclic) bond motifs is 5. The minimum Gasteiger partial charge on any atom is -0.462 e. The fourth-order valence-electron chi connectivity index (χ4n) is 11.2. The van der Waals surface area contributed by atoms with Crippen LogP contribution in [-0.2, 0) is 14.3 Å². The highest BCUT2D eigenvalue weighted by Gasteiger charge is 2.69. The number of hydrogen-bond donors (Lipinski definition) is 1. The monoisotopic (exact) mass is 502 g/mol. The summed E-state index contributed by atoms with van der Waals surface area (Å²) >= 11 is 0. The molecule has 10 atom stereocenters. The fraction of sp³-hybridized carbons (Fsp3) is 0.969. The second-order valence-electron chi connectivity index (χ2n) is 15.9. The normalized spacial score (nSPS) is 50.3. The van der Waals surface area contributed by atoms with Gasteiger partial charge in [0.2, 0.25) is 0 Å². The van der Waals surface area contributed by atoms with Crippen molar-refractivity contribution in [3.8, 4) is 0 Å². The average molecular weight is 503 g/mol. The van der Waals surface area contributed by atoms with Crippen molar-refractivity contribution in [1.29, 1.82) is 0 Å². The molecule has 206 valence electrons. The third-order valence-corrected chi connectivity index (χ3v) is 13.5. The molecule has 5 fully saturated rings. The molecule has 0 aromatic heterocycles. The Morgan fingerprint density at radius 2 is 1.56 bits per heavy atom. The second-order valence-corrected chi connectivity index (χ2v) is 15.9. The molecule has 4 aliphatic carbocycles. The van der Waals surface area contributed by atoms with Crippen molar-refractivity contribution in [2.75, 3.05) is 0 Å². The van der Waals surface area contributed by atoms with Gasteiger partial charge in [0.15, 0.2) is 0 Å². The summed E-state index contributed by atoms with van der Waals surface area (Å²) in [6.07, 6.45) is 11.8. The number of hydrogen-bond acceptors (Lipinski definition) is 4. The van der Waals surface area contributed by atoms with Gasteiger partial charge in [0, 0.05) is 12.3 Å². The first kappa shape index (κ1) is 27.0. The van der Waals surface area contributed by atoms with E-state index >= 15 is 0 Å². The highest BCUT2D eigenvalue weighted by molar-refractivity contribution is 5.66. The van der Waals surface area contributed by atoms with Gasteiger partial charge in [-0.25, -0.2) is 0 Å². The summed E-state index contributed by atoms with van der Waals surface area (Å²) < 4.78 is 11.7. The number of ether oxygens (including phenoxy) is 2. The maximum Gasteiger partial charge on any atom is 0.302 e. The van der Waals surface area contributed by atoms with E-state index in [0.29, 0.717) is 35.2 Å². The number of aliphatic hydroxyl groups is 1. The zero-order valence-electron chi connectivity index (χ0n) is 24.7. The first-order chi connectivity index (χ1) is 16.5. The molecule has 1 N–H and O–H groups in total. The predicted octanol–water partition coefficient (Wildman–Crippen LogP) is 7.31. The molecule has 0 aromatic rings. The van der Waals surface area contributed by atoms with Crippen LogP contribution >= 0.6 is 0 Å². The molecule has 5 aliphatic rings. The Labute approximate surface area is 220 Å². The van der Waals surface area contributed by atoms with Crippen molar-refractivity contribution in [3.63, 3.8) is 0 Å². The molecule has 0 amide bonds. The van der Waals surface area contributed by atoms with Crippen LogP contribution < -0.4 is 0 Å². The molecule has 4 heteroatoms. The second kappa shape index (κ2) is 8.20. The third kappa shape index (κ3) is 3.77. The quantitative estimate of drug-likeness (QED) is 0.316. The summed E-state index contributed by atoms with van der Waals surface area (Å²) in [5.41, 5.74) is 0.276.